The van der Waals surface area contributed by atoms with E-state index in [0.29, 0.717) is 18.1 Å². The van der Waals surface area contributed by atoms with Crippen LogP contribution in [0.5, 0.6) is 11.5 Å². The standard InChI is InChI=1S/C27H32O5/c1-19-10-12-23(20(2)14-19)27(32-18-29-3)25(16-28)24-13-11-22(30-4)15-26(24)31-17-21-8-6-5-7-9-21/h5-15,25,27-28H,16-18H2,1-4H3/t25-,27+/m1/s1. The second-order valence-electron chi connectivity index (χ2n) is 7.82. The molecule has 0 spiro atoms. The molecule has 170 valence electrons. The van der Waals surface area contributed by atoms with Gasteiger partial charge in [-0.05, 0) is 36.6 Å². The number of aliphatic hydroxyl groups is 1. The molecule has 32 heavy (non-hydrogen) atoms. The number of ether oxygens (including phenoxy) is 4. The number of benzene rings is 3. The number of rotatable bonds is 11. The lowest BCUT2D eigenvalue weighted by Crippen LogP contribution is -2.21. The van der Waals surface area contributed by atoms with Gasteiger partial charge in [-0.2, -0.15) is 0 Å². The lowest BCUT2D eigenvalue weighted by molar-refractivity contribution is -0.0876. The molecule has 0 bridgehead atoms. The summed E-state index contributed by atoms with van der Waals surface area (Å²) in [5.74, 6) is 0.987. The third-order valence-electron chi connectivity index (χ3n) is 5.52. The van der Waals surface area contributed by atoms with Gasteiger partial charge in [0.05, 0.1) is 19.8 Å². The Morgan fingerprint density at radius 3 is 2.28 bits per heavy atom. The summed E-state index contributed by atoms with van der Waals surface area (Å²) in [6.07, 6.45) is -0.409. The van der Waals surface area contributed by atoms with Crippen molar-refractivity contribution in [3.05, 3.63) is 94.5 Å². The Bertz CT molecular complexity index is 987. The lowest BCUT2D eigenvalue weighted by Gasteiger charge is -2.29. The van der Waals surface area contributed by atoms with Gasteiger partial charge in [0.1, 0.15) is 24.9 Å². The highest BCUT2D eigenvalue weighted by Gasteiger charge is 2.29. The number of aliphatic hydroxyl groups excluding tert-OH is 1. The van der Waals surface area contributed by atoms with E-state index in [1.54, 1.807) is 14.2 Å². The summed E-state index contributed by atoms with van der Waals surface area (Å²) < 4.78 is 23.0. The molecule has 0 amide bonds. The zero-order valence-corrected chi connectivity index (χ0v) is 19.2. The van der Waals surface area contributed by atoms with E-state index in [-0.39, 0.29) is 19.3 Å². The maximum absolute atomic E-state index is 10.5. The topological polar surface area (TPSA) is 57.2 Å². The highest BCUT2D eigenvalue weighted by molar-refractivity contribution is 5.45. The monoisotopic (exact) mass is 436 g/mol. The van der Waals surface area contributed by atoms with Crippen molar-refractivity contribution in [2.24, 2.45) is 0 Å². The first-order chi connectivity index (χ1) is 15.6. The molecule has 0 saturated heterocycles. The van der Waals surface area contributed by atoms with Crippen molar-refractivity contribution >= 4 is 0 Å². The maximum atomic E-state index is 10.5. The van der Waals surface area contributed by atoms with Crippen molar-refractivity contribution in [2.45, 2.75) is 32.5 Å². The van der Waals surface area contributed by atoms with Gasteiger partial charge in [-0.15, -0.1) is 0 Å². The molecule has 0 aliphatic rings. The molecule has 3 aromatic rings. The highest BCUT2D eigenvalue weighted by atomic mass is 16.7. The van der Waals surface area contributed by atoms with Crippen LogP contribution in [-0.4, -0.2) is 32.7 Å². The Morgan fingerprint density at radius 2 is 1.62 bits per heavy atom. The first-order valence-electron chi connectivity index (χ1n) is 10.7. The predicted molar refractivity (Wildman–Crippen MR) is 125 cm³/mol. The van der Waals surface area contributed by atoms with Gasteiger partial charge in [-0.1, -0.05) is 60.2 Å². The maximum Gasteiger partial charge on any atom is 0.147 e. The smallest absolute Gasteiger partial charge is 0.147 e. The fraction of sp³-hybridized carbons (Fsp3) is 0.333. The number of aryl methyl sites for hydroxylation is 2. The molecular formula is C27H32O5. The number of hydrogen-bond donors (Lipinski definition) is 1. The summed E-state index contributed by atoms with van der Waals surface area (Å²) in [4.78, 5) is 0. The molecule has 1 N–H and O–H groups in total. The Labute approximate surface area is 190 Å². The highest BCUT2D eigenvalue weighted by Crippen LogP contribution is 2.41. The van der Waals surface area contributed by atoms with Crippen LogP contribution in [0.3, 0.4) is 0 Å². The first kappa shape index (κ1) is 23.8. The van der Waals surface area contributed by atoms with Gasteiger partial charge >= 0.3 is 0 Å². The van der Waals surface area contributed by atoms with E-state index in [1.165, 1.54) is 5.56 Å². The summed E-state index contributed by atoms with van der Waals surface area (Å²) in [5.41, 5.74) is 5.20. The molecule has 3 aromatic carbocycles. The van der Waals surface area contributed by atoms with Gasteiger partial charge in [0.15, 0.2) is 0 Å². The normalized spacial score (nSPS) is 12.9. The van der Waals surface area contributed by atoms with Gasteiger partial charge in [0.25, 0.3) is 0 Å². The Hall–Kier alpha value is -2.86. The minimum Gasteiger partial charge on any atom is -0.497 e. The zero-order chi connectivity index (χ0) is 22.9. The van der Waals surface area contributed by atoms with Crippen LogP contribution in [0.1, 0.15) is 39.8 Å². The molecule has 5 heteroatoms. The van der Waals surface area contributed by atoms with Gasteiger partial charge in [0, 0.05) is 24.7 Å². The Balaban J connectivity index is 2.00. The molecule has 3 rings (SSSR count). The summed E-state index contributed by atoms with van der Waals surface area (Å²) in [6, 6.07) is 21.9. The average Bonchev–Trinajstić information content (AvgIpc) is 2.81. The summed E-state index contributed by atoms with van der Waals surface area (Å²) in [6.45, 7) is 4.53. The lowest BCUT2D eigenvalue weighted by atomic mass is 9.86. The van der Waals surface area contributed by atoms with Crippen LogP contribution in [-0.2, 0) is 16.1 Å². The van der Waals surface area contributed by atoms with Gasteiger partial charge in [-0.25, -0.2) is 0 Å². The van der Waals surface area contributed by atoms with Crippen molar-refractivity contribution in [3.63, 3.8) is 0 Å². The van der Waals surface area contributed by atoms with Gasteiger partial charge in [0.2, 0.25) is 0 Å². The molecule has 0 radical (unpaired) electrons. The molecule has 0 fully saturated rings. The van der Waals surface area contributed by atoms with Crippen molar-refractivity contribution in [1.82, 2.24) is 0 Å². The van der Waals surface area contributed by atoms with Crippen LogP contribution in [0.25, 0.3) is 0 Å². The fourth-order valence-corrected chi connectivity index (χ4v) is 3.87. The minimum absolute atomic E-state index is 0.115. The van der Waals surface area contributed by atoms with E-state index >= 15 is 0 Å². The fourth-order valence-electron chi connectivity index (χ4n) is 3.87. The van der Waals surface area contributed by atoms with Crippen LogP contribution < -0.4 is 9.47 Å². The third-order valence-corrected chi connectivity index (χ3v) is 5.52. The minimum atomic E-state index is -0.409. The van der Waals surface area contributed by atoms with Crippen molar-refractivity contribution in [3.8, 4) is 11.5 Å². The predicted octanol–water partition coefficient (Wildman–Crippen LogP) is 5.33. The summed E-state index contributed by atoms with van der Waals surface area (Å²) in [7, 11) is 3.22. The largest absolute Gasteiger partial charge is 0.497 e. The second-order valence-corrected chi connectivity index (χ2v) is 7.82. The van der Waals surface area contributed by atoms with E-state index in [9.17, 15) is 5.11 Å². The van der Waals surface area contributed by atoms with Crippen molar-refractivity contribution in [1.29, 1.82) is 0 Å². The van der Waals surface area contributed by atoms with Crippen LogP contribution in [0, 0.1) is 13.8 Å². The van der Waals surface area contributed by atoms with Crippen molar-refractivity contribution < 1.29 is 24.1 Å². The van der Waals surface area contributed by atoms with Crippen LogP contribution >= 0.6 is 0 Å². The molecule has 2 atom stereocenters. The van der Waals surface area contributed by atoms with Crippen molar-refractivity contribution in [2.75, 3.05) is 27.6 Å². The second kappa shape index (κ2) is 11.7. The number of hydrogen-bond acceptors (Lipinski definition) is 5. The molecule has 0 aromatic heterocycles. The third kappa shape index (κ3) is 5.88. The SMILES string of the molecule is COCO[C@@H](c1ccc(C)cc1C)[C@H](CO)c1ccc(OC)cc1OCc1ccccc1. The van der Waals surface area contributed by atoms with E-state index in [2.05, 4.69) is 32.0 Å². The summed E-state index contributed by atoms with van der Waals surface area (Å²) >= 11 is 0. The molecule has 0 unspecified atom stereocenters. The molecule has 0 saturated carbocycles. The van der Waals surface area contributed by atoms with Crippen LogP contribution in [0.4, 0.5) is 0 Å². The molecule has 0 heterocycles. The summed E-state index contributed by atoms with van der Waals surface area (Å²) in [5, 5.41) is 10.5. The number of methoxy groups -OCH3 is 2. The first-order valence-corrected chi connectivity index (χ1v) is 10.7. The molecular weight excluding hydrogens is 404 g/mol. The van der Waals surface area contributed by atoms with E-state index in [4.69, 9.17) is 18.9 Å². The van der Waals surface area contributed by atoms with E-state index in [0.717, 1.165) is 22.3 Å². The Morgan fingerprint density at radius 1 is 0.875 bits per heavy atom. The van der Waals surface area contributed by atoms with Gasteiger partial charge < -0.3 is 24.1 Å². The van der Waals surface area contributed by atoms with Crippen LogP contribution in [0.2, 0.25) is 0 Å². The molecule has 0 aliphatic heterocycles. The average molecular weight is 437 g/mol. The van der Waals surface area contributed by atoms with Crippen LogP contribution in [0.15, 0.2) is 66.7 Å². The quantitative estimate of drug-likeness (QED) is 0.412. The molecule has 5 nitrogen and oxygen atoms in total. The Kier molecular flexibility index (Phi) is 8.68. The zero-order valence-electron chi connectivity index (χ0n) is 19.2. The van der Waals surface area contributed by atoms with E-state index < -0.39 is 6.10 Å². The molecule has 0 aliphatic carbocycles. The van der Waals surface area contributed by atoms with Gasteiger partial charge in [-0.3, -0.25) is 0 Å². The van der Waals surface area contributed by atoms with E-state index in [1.807, 2.05) is 48.5 Å².